The summed E-state index contributed by atoms with van der Waals surface area (Å²) in [5.74, 6) is -0.706. The SMILES string of the molecule is C=CO.CCCCCCC(O)(CCC[C@H]1[C@H](O)CC(=O)[C@@H]1CCCCC=C(O)C(=O)CO)C1CC1. The van der Waals surface area contributed by atoms with E-state index in [0.717, 1.165) is 64.0 Å². The second-order valence-electron chi connectivity index (χ2n) is 10.2. The van der Waals surface area contributed by atoms with Crippen LogP contribution >= 0.6 is 0 Å². The third-order valence-electron chi connectivity index (χ3n) is 7.52. The summed E-state index contributed by atoms with van der Waals surface area (Å²) in [6, 6.07) is 0. The minimum Gasteiger partial charge on any atom is -0.516 e. The minimum absolute atomic E-state index is 0.0362. The van der Waals surface area contributed by atoms with Crippen molar-refractivity contribution in [3.05, 3.63) is 24.7 Å². The van der Waals surface area contributed by atoms with E-state index in [9.17, 15) is 24.9 Å². The number of carbonyl (C=O) groups is 2. The van der Waals surface area contributed by atoms with Gasteiger partial charge in [0, 0.05) is 12.3 Å². The molecule has 0 radical (unpaired) electrons. The van der Waals surface area contributed by atoms with Crippen molar-refractivity contribution < 1.29 is 35.1 Å². The molecular weight excluding hydrogens is 448 g/mol. The monoisotopic (exact) mass is 496 g/mol. The van der Waals surface area contributed by atoms with E-state index in [4.69, 9.17) is 10.2 Å². The lowest BCUT2D eigenvalue weighted by Gasteiger charge is -2.30. The number of carbonyl (C=O) groups excluding carboxylic acids is 2. The lowest BCUT2D eigenvalue weighted by molar-refractivity contribution is -0.121. The second kappa shape index (κ2) is 16.9. The number of Topliss-reactive ketones (excluding diaryl/α,β-unsaturated/α-hetero) is 2. The van der Waals surface area contributed by atoms with Crippen LogP contribution in [0.3, 0.4) is 0 Å². The normalized spacial score (nSPS) is 23.9. The van der Waals surface area contributed by atoms with Crippen LogP contribution in [0.4, 0.5) is 0 Å². The van der Waals surface area contributed by atoms with Crippen LogP contribution in [0.15, 0.2) is 24.7 Å². The Balaban J connectivity index is 0.00000194. The molecule has 0 aromatic carbocycles. The molecule has 4 atom stereocenters. The van der Waals surface area contributed by atoms with E-state index in [1.807, 2.05) is 0 Å². The smallest absolute Gasteiger partial charge is 0.221 e. The van der Waals surface area contributed by atoms with Crippen molar-refractivity contribution in [1.29, 1.82) is 0 Å². The maximum Gasteiger partial charge on any atom is 0.221 e. The van der Waals surface area contributed by atoms with Gasteiger partial charge in [-0.15, -0.1) is 0 Å². The van der Waals surface area contributed by atoms with Gasteiger partial charge in [-0.2, -0.15) is 0 Å². The highest BCUT2D eigenvalue weighted by Crippen LogP contribution is 2.46. The molecule has 2 aliphatic carbocycles. The number of ketones is 2. The summed E-state index contributed by atoms with van der Waals surface area (Å²) < 4.78 is 0. The summed E-state index contributed by atoms with van der Waals surface area (Å²) in [6.45, 7) is 4.41. The van der Waals surface area contributed by atoms with Gasteiger partial charge in [0.25, 0.3) is 0 Å². The third kappa shape index (κ3) is 11.3. The number of rotatable bonds is 17. The molecule has 35 heavy (non-hydrogen) atoms. The average Bonchev–Trinajstić information content (AvgIpc) is 3.65. The van der Waals surface area contributed by atoms with E-state index < -0.39 is 29.9 Å². The first-order chi connectivity index (χ1) is 16.7. The lowest BCUT2D eigenvalue weighted by Crippen LogP contribution is -2.32. The minimum atomic E-state index is -0.701. The third-order valence-corrected chi connectivity index (χ3v) is 7.52. The van der Waals surface area contributed by atoms with Crippen molar-refractivity contribution in [2.75, 3.05) is 6.61 Å². The highest BCUT2D eigenvalue weighted by atomic mass is 16.3. The van der Waals surface area contributed by atoms with Crippen LogP contribution in [0.2, 0.25) is 0 Å². The van der Waals surface area contributed by atoms with Gasteiger partial charge in [-0.25, -0.2) is 0 Å². The van der Waals surface area contributed by atoms with Gasteiger partial charge >= 0.3 is 0 Å². The van der Waals surface area contributed by atoms with Gasteiger partial charge in [-0.3, -0.25) is 9.59 Å². The van der Waals surface area contributed by atoms with E-state index >= 15 is 0 Å². The van der Waals surface area contributed by atoms with Crippen LogP contribution in [-0.4, -0.2) is 55.4 Å². The van der Waals surface area contributed by atoms with Gasteiger partial charge in [0.2, 0.25) is 5.78 Å². The van der Waals surface area contributed by atoms with E-state index in [0.29, 0.717) is 18.8 Å². The number of allylic oxidation sites excluding steroid dienone is 1. The fourth-order valence-electron chi connectivity index (χ4n) is 5.38. The molecule has 0 amide bonds. The second-order valence-corrected chi connectivity index (χ2v) is 10.2. The Morgan fingerprint density at radius 1 is 1.09 bits per heavy atom. The number of unbranched alkanes of at least 4 members (excludes halogenated alkanes) is 5. The predicted molar refractivity (Wildman–Crippen MR) is 137 cm³/mol. The van der Waals surface area contributed by atoms with Gasteiger partial charge in [0.05, 0.1) is 18.0 Å². The van der Waals surface area contributed by atoms with Crippen LogP contribution in [0.1, 0.15) is 103 Å². The van der Waals surface area contributed by atoms with Crippen molar-refractivity contribution in [2.45, 2.75) is 115 Å². The van der Waals surface area contributed by atoms with E-state index in [2.05, 4.69) is 13.5 Å². The summed E-state index contributed by atoms with van der Waals surface area (Å²) in [5.41, 5.74) is -0.572. The molecule has 7 nitrogen and oxygen atoms in total. The molecule has 0 aromatic rings. The first-order valence-electron chi connectivity index (χ1n) is 13.4. The van der Waals surface area contributed by atoms with Gasteiger partial charge in [-0.1, -0.05) is 52.0 Å². The molecule has 202 valence electrons. The van der Waals surface area contributed by atoms with Gasteiger partial charge in [0.15, 0.2) is 5.76 Å². The largest absolute Gasteiger partial charge is 0.516 e. The van der Waals surface area contributed by atoms with Crippen molar-refractivity contribution in [2.24, 2.45) is 17.8 Å². The molecule has 0 bridgehead atoms. The number of aliphatic hydroxyl groups excluding tert-OH is 4. The van der Waals surface area contributed by atoms with E-state index in [-0.39, 0.29) is 24.0 Å². The molecular formula is C28H48O7. The Kier molecular flexibility index (Phi) is 15.1. The summed E-state index contributed by atoms with van der Waals surface area (Å²) in [6.07, 6.45) is 14.6. The van der Waals surface area contributed by atoms with Gasteiger partial charge in [0.1, 0.15) is 12.4 Å². The molecule has 0 spiro atoms. The van der Waals surface area contributed by atoms with Crippen molar-refractivity contribution in [3.8, 4) is 0 Å². The molecule has 2 rings (SSSR count). The zero-order valence-corrected chi connectivity index (χ0v) is 21.5. The van der Waals surface area contributed by atoms with E-state index in [1.165, 1.54) is 25.3 Å². The van der Waals surface area contributed by atoms with E-state index in [1.54, 1.807) is 0 Å². The molecule has 0 saturated heterocycles. The Labute approximate surface area is 211 Å². The van der Waals surface area contributed by atoms with Crippen LogP contribution in [0.25, 0.3) is 0 Å². The summed E-state index contributed by atoms with van der Waals surface area (Å²) >= 11 is 0. The molecule has 2 saturated carbocycles. The maximum atomic E-state index is 12.4. The Hall–Kier alpha value is -1.70. The zero-order valence-electron chi connectivity index (χ0n) is 21.5. The molecule has 0 aromatic heterocycles. The fraction of sp³-hybridized carbons (Fsp3) is 0.786. The number of hydrogen-bond acceptors (Lipinski definition) is 7. The van der Waals surface area contributed by atoms with Gasteiger partial charge in [-0.05, 0) is 69.3 Å². The van der Waals surface area contributed by atoms with Crippen molar-refractivity contribution in [3.63, 3.8) is 0 Å². The molecule has 1 unspecified atom stereocenters. The first kappa shape index (κ1) is 31.3. The van der Waals surface area contributed by atoms with Crippen LogP contribution < -0.4 is 0 Å². The zero-order chi connectivity index (χ0) is 26.3. The quantitative estimate of drug-likeness (QED) is 0.108. The van der Waals surface area contributed by atoms with Gasteiger partial charge < -0.3 is 25.5 Å². The molecule has 2 aliphatic rings. The molecule has 2 fully saturated rings. The molecule has 0 aliphatic heterocycles. The standard InChI is InChI=1S/C26H44O6.C2H4O/c1-2-3-4-8-15-26(32,19-13-14-19)16-9-11-21-20(23(29)17-24(21)30)10-6-5-7-12-22(28)25(31)18-27;1-2-3/h12,19-21,24,27-28,30,32H,2-11,13-18H2,1H3;2-3H,1H2/t20-,21-,24-,26?;/m1./s1. The fourth-order valence-corrected chi connectivity index (χ4v) is 5.38. The van der Waals surface area contributed by atoms with Crippen LogP contribution in [0, 0.1) is 17.8 Å². The first-order valence-corrected chi connectivity index (χ1v) is 13.4. The Morgan fingerprint density at radius 3 is 2.34 bits per heavy atom. The van der Waals surface area contributed by atoms with Crippen molar-refractivity contribution in [1.82, 2.24) is 0 Å². The summed E-state index contributed by atoms with van der Waals surface area (Å²) in [7, 11) is 0. The summed E-state index contributed by atoms with van der Waals surface area (Å²) in [5, 5.41) is 47.2. The lowest BCUT2D eigenvalue weighted by atomic mass is 9.81. The molecule has 7 heteroatoms. The predicted octanol–water partition coefficient (Wildman–Crippen LogP) is 5.09. The molecule has 0 heterocycles. The highest BCUT2D eigenvalue weighted by molar-refractivity contribution is 5.93. The summed E-state index contributed by atoms with van der Waals surface area (Å²) in [4.78, 5) is 23.6. The van der Waals surface area contributed by atoms with Crippen LogP contribution in [-0.2, 0) is 9.59 Å². The topological polar surface area (TPSA) is 135 Å². The molecule has 5 N–H and O–H groups in total. The van der Waals surface area contributed by atoms with Crippen molar-refractivity contribution >= 4 is 11.6 Å². The Morgan fingerprint density at radius 2 is 1.74 bits per heavy atom. The highest BCUT2D eigenvalue weighted by Gasteiger charge is 2.44. The van der Waals surface area contributed by atoms with Crippen LogP contribution in [0.5, 0.6) is 0 Å². The number of aliphatic hydroxyl groups is 5. The average molecular weight is 497 g/mol. The number of hydrogen-bond donors (Lipinski definition) is 5. The maximum absolute atomic E-state index is 12.4. The Bertz CT molecular complexity index is 670.